The van der Waals surface area contributed by atoms with Gasteiger partial charge in [-0.2, -0.15) is 0 Å². The summed E-state index contributed by atoms with van der Waals surface area (Å²) >= 11 is 3.46. The zero-order chi connectivity index (χ0) is 13.0. The molecule has 0 aliphatic heterocycles. The van der Waals surface area contributed by atoms with Gasteiger partial charge in [-0.05, 0) is 24.8 Å². The molecule has 4 heteroatoms. The highest BCUT2D eigenvalue weighted by Gasteiger charge is 2.07. The van der Waals surface area contributed by atoms with Crippen LogP contribution in [0.4, 0.5) is 0 Å². The number of nitrogens with zero attached hydrogens (tertiary/aromatic N) is 1. The second-order valence-corrected chi connectivity index (χ2v) is 6.05. The third-order valence-electron chi connectivity index (χ3n) is 2.90. The second kappa shape index (κ2) is 6.36. The number of nitrogens with two attached hydrogens (primary N) is 1. The highest BCUT2D eigenvalue weighted by Crippen LogP contribution is 2.25. The van der Waals surface area contributed by atoms with Crippen LogP contribution in [0.15, 0.2) is 34.5 Å². The molecule has 1 aromatic carbocycles. The van der Waals surface area contributed by atoms with E-state index >= 15 is 0 Å². The van der Waals surface area contributed by atoms with E-state index in [1.165, 1.54) is 10.5 Å². The first-order valence-electron chi connectivity index (χ1n) is 6.07. The summed E-state index contributed by atoms with van der Waals surface area (Å²) in [5, 5.41) is 3.25. The molecule has 0 aliphatic rings. The zero-order valence-electron chi connectivity index (χ0n) is 10.7. The first-order chi connectivity index (χ1) is 8.72. The van der Waals surface area contributed by atoms with Gasteiger partial charge in [-0.1, -0.05) is 19.1 Å². The highest BCUT2D eigenvalue weighted by atomic mass is 32.2. The summed E-state index contributed by atoms with van der Waals surface area (Å²) in [6.45, 7) is 2.11. The Morgan fingerprint density at radius 1 is 1.33 bits per heavy atom. The van der Waals surface area contributed by atoms with Crippen molar-refractivity contribution in [1.29, 1.82) is 0 Å². The van der Waals surface area contributed by atoms with Gasteiger partial charge in [-0.15, -0.1) is 23.1 Å². The minimum atomic E-state index is 0.225. The van der Waals surface area contributed by atoms with Gasteiger partial charge in [-0.3, -0.25) is 0 Å². The van der Waals surface area contributed by atoms with Crippen LogP contribution in [0.5, 0.6) is 0 Å². The fourth-order valence-corrected chi connectivity index (χ4v) is 2.97. The van der Waals surface area contributed by atoms with Crippen LogP contribution in [-0.4, -0.2) is 17.3 Å². The van der Waals surface area contributed by atoms with Crippen molar-refractivity contribution in [1.82, 2.24) is 4.98 Å². The maximum atomic E-state index is 5.95. The van der Waals surface area contributed by atoms with Crippen molar-refractivity contribution in [2.24, 2.45) is 5.73 Å². The molecule has 18 heavy (non-hydrogen) atoms. The Kier molecular flexibility index (Phi) is 4.80. The van der Waals surface area contributed by atoms with Gasteiger partial charge in [-0.25, -0.2) is 4.98 Å². The molecule has 0 amide bonds. The van der Waals surface area contributed by atoms with Gasteiger partial charge in [0.15, 0.2) is 0 Å². The third-order valence-corrected chi connectivity index (χ3v) is 4.51. The Hall–Kier alpha value is -0.840. The van der Waals surface area contributed by atoms with Crippen molar-refractivity contribution in [2.75, 3.05) is 6.26 Å². The van der Waals surface area contributed by atoms with Crippen molar-refractivity contribution in [2.45, 2.75) is 30.7 Å². The quantitative estimate of drug-likeness (QED) is 0.845. The Morgan fingerprint density at radius 2 is 2.06 bits per heavy atom. The Balaban J connectivity index is 2.13. The van der Waals surface area contributed by atoms with Crippen LogP contribution in [-0.2, 0) is 6.42 Å². The van der Waals surface area contributed by atoms with E-state index in [4.69, 9.17) is 5.73 Å². The summed E-state index contributed by atoms with van der Waals surface area (Å²) < 4.78 is 0. The molecule has 0 bridgehead atoms. The van der Waals surface area contributed by atoms with Gasteiger partial charge in [0.05, 0.1) is 10.7 Å². The first kappa shape index (κ1) is 13.6. The fourth-order valence-electron chi connectivity index (χ4n) is 1.67. The van der Waals surface area contributed by atoms with Crippen LogP contribution in [0.25, 0.3) is 11.3 Å². The number of thiazole rings is 1. The van der Waals surface area contributed by atoms with Crippen LogP contribution in [0.3, 0.4) is 0 Å². The Morgan fingerprint density at radius 3 is 2.67 bits per heavy atom. The van der Waals surface area contributed by atoms with Gasteiger partial charge in [0.1, 0.15) is 0 Å². The molecule has 1 unspecified atom stereocenters. The number of aromatic nitrogens is 1. The molecule has 0 radical (unpaired) electrons. The number of rotatable bonds is 5. The minimum absolute atomic E-state index is 0.225. The smallest absolute Gasteiger partial charge is 0.0948 e. The van der Waals surface area contributed by atoms with E-state index in [0.717, 1.165) is 23.5 Å². The molecule has 2 nitrogen and oxygen atoms in total. The molecule has 1 aromatic heterocycles. The maximum absolute atomic E-state index is 5.95. The van der Waals surface area contributed by atoms with E-state index in [1.807, 2.05) is 0 Å². The number of hydrogen-bond donors (Lipinski definition) is 1. The minimum Gasteiger partial charge on any atom is -0.327 e. The lowest BCUT2D eigenvalue weighted by Crippen LogP contribution is -2.21. The summed E-state index contributed by atoms with van der Waals surface area (Å²) in [4.78, 5) is 5.94. The normalized spacial score (nSPS) is 12.6. The Labute approximate surface area is 117 Å². The molecule has 2 N–H and O–H groups in total. The zero-order valence-corrected chi connectivity index (χ0v) is 12.4. The largest absolute Gasteiger partial charge is 0.327 e. The number of benzene rings is 1. The summed E-state index contributed by atoms with van der Waals surface area (Å²) in [6.07, 6.45) is 3.96. The summed E-state index contributed by atoms with van der Waals surface area (Å²) in [6, 6.07) is 8.76. The molecule has 0 saturated heterocycles. The van der Waals surface area contributed by atoms with E-state index in [1.54, 1.807) is 23.1 Å². The lowest BCUT2D eigenvalue weighted by molar-refractivity contribution is 0.644. The molecule has 2 aromatic rings. The van der Waals surface area contributed by atoms with Crippen LogP contribution in [0.1, 0.15) is 18.4 Å². The summed E-state index contributed by atoms with van der Waals surface area (Å²) in [5.41, 5.74) is 8.20. The van der Waals surface area contributed by atoms with E-state index in [0.29, 0.717) is 0 Å². The standard InChI is InChI=1S/C14H18N2S2/c1-3-11(15)8-14-16-13(9-18-14)10-4-6-12(17-2)7-5-10/h4-7,9,11H,3,8,15H2,1-2H3. The molecule has 0 aliphatic carbocycles. The van der Waals surface area contributed by atoms with Gasteiger partial charge in [0.2, 0.25) is 0 Å². The predicted molar refractivity (Wildman–Crippen MR) is 81.3 cm³/mol. The molecule has 96 valence electrons. The van der Waals surface area contributed by atoms with Crippen LogP contribution < -0.4 is 5.73 Å². The average molecular weight is 278 g/mol. The van der Waals surface area contributed by atoms with Crippen molar-refractivity contribution in [3.05, 3.63) is 34.7 Å². The van der Waals surface area contributed by atoms with E-state index < -0.39 is 0 Å². The third kappa shape index (κ3) is 3.34. The van der Waals surface area contributed by atoms with Gasteiger partial charge in [0, 0.05) is 28.3 Å². The molecule has 0 fully saturated rings. The first-order valence-corrected chi connectivity index (χ1v) is 8.17. The predicted octanol–water partition coefficient (Wildman–Crippen LogP) is 3.81. The lowest BCUT2D eigenvalue weighted by atomic mass is 10.1. The van der Waals surface area contributed by atoms with Crippen molar-refractivity contribution < 1.29 is 0 Å². The maximum Gasteiger partial charge on any atom is 0.0948 e. The molecule has 0 spiro atoms. The SMILES string of the molecule is CCC(N)Cc1nc(-c2ccc(SC)cc2)cs1. The lowest BCUT2D eigenvalue weighted by Gasteiger charge is -2.04. The van der Waals surface area contributed by atoms with Crippen molar-refractivity contribution in [3.8, 4) is 11.3 Å². The molecule has 1 heterocycles. The van der Waals surface area contributed by atoms with Gasteiger partial charge in [0.25, 0.3) is 0 Å². The molecule has 0 saturated carbocycles. The molecule has 1 atom stereocenters. The average Bonchev–Trinajstić information content (AvgIpc) is 2.87. The number of hydrogen-bond acceptors (Lipinski definition) is 4. The topological polar surface area (TPSA) is 38.9 Å². The highest BCUT2D eigenvalue weighted by molar-refractivity contribution is 7.98. The molecular formula is C14H18N2S2. The molecular weight excluding hydrogens is 260 g/mol. The second-order valence-electron chi connectivity index (χ2n) is 4.23. The van der Waals surface area contributed by atoms with Crippen LogP contribution in [0.2, 0.25) is 0 Å². The summed E-state index contributed by atoms with van der Waals surface area (Å²) in [5.74, 6) is 0. The van der Waals surface area contributed by atoms with Crippen LogP contribution in [0, 0.1) is 0 Å². The monoisotopic (exact) mass is 278 g/mol. The molecule has 2 rings (SSSR count). The summed E-state index contributed by atoms with van der Waals surface area (Å²) in [7, 11) is 0. The van der Waals surface area contributed by atoms with Crippen molar-refractivity contribution in [3.63, 3.8) is 0 Å². The van der Waals surface area contributed by atoms with Gasteiger partial charge >= 0.3 is 0 Å². The fraction of sp³-hybridized carbons (Fsp3) is 0.357. The van der Waals surface area contributed by atoms with Crippen molar-refractivity contribution >= 4 is 23.1 Å². The Bertz CT molecular complexity index is 491. The van der Waals surface area contributed by atoms with Gasteiger partial charge < -0.3 is 5.73 Å². The van der Waals surface area contributed by atoms with E-state index in [9.17, 15) is 0 Å². The van der Waals surface area contributed by atoms with Crippen LogP contribution >= 0.6 is 23.1 Å². The van der Waals surface area contributed by atoms with E-state index in [2.05, 4.69) is 47.8 Å². The number of thioether (sulfide) groups is 1. The van der Waals surface area contributed by atoms with E-state index in [-0.39, 0.29) is 6.04 Å².